The first-order valence-corrected chi connectivity index (χ1v) is 6.81. The molecule has 0 bridgehead atoms. The highest BCUT2D eigenvalue weighted by atomic mass is 79.9. The summed E-state index contributed by atoms with van der Waals surface area (Å²) in [6.07, 6.45) is 1.46. The molecular formula is C11H6Br2ClFN2O. The standard InChI is InChI=1S/C11H6Br2ClFN2O/c12-7-4-16-17(11(18)10(7)13)5-6-8(14)2-1-3-9(6)15/h1-4H,5H2. The lowest BCUT2D eigenvalue weighted by molar-refractivity contribution is 0.570. The highest BCUT2D eigenvalue weighted by Crippen LogP contribution is 2.20. The predicted octanol–water partition coefficient (Wildman–Crippen LogP) is 3.61. The fourth-order valence-electron chi connectivity index (χ4n) is 1.39. The van der Waals surface area contributed by atoms with Crippen LogP contribution in [-0.4, -0.2) is 9.78 Å². The molecule has 0 aliphatic heterocycles. The number of halogens is 4. The zero-order chi connectivity index (χ0) is 13.3. The zero-order valence-corrected chi connectivity index (χ0v) is 12.8. The van der Waals surface area contributed by atoms with Gasteiger partial charge in [-0.1, -0.05) is 17.7 Å². The third-order valence-corrected chi connectivity index (χ3v) is 4.57. The predicted molar refractivity (Wildman–Crippen MR) is 74.4 cm³/mol. The quantitative estimate of drug-likeness (QED) is 0.777. The van der Waals surface area contributed by atoms with E-state index in [1.54, 1.807) is 6.07 Å². The average molecular weight is 396 g/mol. The van der Waals surface area contributed by atoms with Crippen LogP contribution in [0.5, 0.6) is 0 Å². The third-order valence-electron chi connectivity index (χ3n) is 2.31. The highest BCUT2D eigenvalue weighted by molar-refractivity contribution is 9.13. The van der Waals surface area contributed by atoms with Gasteiger partial charge in [-0.3, -0.25) is 4.79 Å². The van der Waals surface area contributed by atoms with Crippen molar-refractivity contribution in [2.24, 2.45) is 0 Å². The lowest BCUT2D eigenvalue weighted by Crippen LogP contribution is -2.24. The molecule has 0 amide bonds. The van der Waals surface area contributed by atoms with E-state index in [0.717, 1.165) is 4.68 Å². The summed E-state index contributed by atoms with van der Waals surface area (Å²) in [6.45, 7) is -0.0176. The third kappa shape index (κ3) is 2.65. The molecule has 0 saturated heterocycles. The molecule has 0 aliphatic carbocycles. The van der Waals surface area contributed by atoms with E-state index >= 15 is 0 Å². The van der Waals surface area contributed by atoms with E-state index < -0.39 is 5.82 Å². The van der Waals surface area contributed by atoms with Crippen molar-refractivity contribution in [1.29, 1.82) is 0 Å². The fraction of sp³-hybridized carbons (Fsp3) is 0.0909. The minimum absolute atomic E-state index is 0.0176. The summed E-state index contributed by atoms with van der Waals surface area (Å²) in [5.74, 6) is -0.463. The molecule has 0 fully saturated rings. The average Bonchev–Trinajstić information content (AvgIpc) is 2.34. The SMILES string of the molecule is O=c1c(Br)c(Br)cnn1Cc1c(F)cccc1Cl. The molecule has 1 aromatic carbocycles. The normalized spacial score (nSPS) is 10.7. The topological polar surface area (TPSA) is 34.9 Å². The van der Waals surface area contributed by atoms with Gasteiger partial charge >= 0.3 is 0 Å². The van der Waals surface area contributed by atoms with Crippen molar-refractivity contribution in [3.8, 4) is 0 Å². The monoisotopic (exact) mass is 394 g/mol. The van der Waals surface area contributed by atoms with Gasteiger partial charge in [0.2, 0.25) is 0 Å². The Hall–Kier alpha value is -0.720. The number of aromatic nitrogens is 2. The molecule has 7 heteroatoms. The highest BCUT2D eigenvalue weighted by Gasteiger charge is 2.11. The maximum Gasteiger partial charge on any atom is 0.282 e. The van der Waals surface area contributed by atoms with Gasteiger partial charge in [-0.25, -0.2) is 9.07 Å². The molecule has 2 rings (SSSR count). The number of rotatable bonds is 2. The van der Waals surface area contributed by atoms with Gasteiger partial charge < -0.3 is 0 Å². The first-order valence-electron chi connectivity index (χ1n) is 4.84. The molecule has 0 aliphatic rings. The molecule has 0 N–H and O–H groups in total. The van der Waals surface area contributed by atoms with Crippen LogP contribution in [0.15, 0.2) is 38.1 Å². The van der Waals surface area contributed by atoms with Crippen molar-refractivity contribution >= 4 is 43.5 Å². The fourth-order valence-corrected chi connectivity index (χ4v) is 2.18. The number of benzene rings is 1. The van der Waals surface area contributed by atoms with E-state index in [0.29, 0.717) is 8.95 Å². The molecule has 0 atom stereocenters. The zero-order valence-electron chi connectivity index (χ0n) is 8.83. The first kappa shape index (κ1) is 13.7. The van der Waals surface area contributed by atoms with Crippen LogP contribution in [0.4, 0.5) is 4.39 Å². The molecule has 0 radical (unpaired) electrons. The number of hydrogen-bond acceptors (Lipinski definition) is 2. The second-order valence-corrected chi connectivity index (χ2v) is 5.52. The van der Waals surface area contributed by atoms with Crippen LogP contribution < -0.4 is 5.56 Å². The van der Waals surface area contributed by atoms with Gasteiger partial charge in [0, 0.05) is 10.6 Å². The van der Waals surface area contributed by atoms with Crippen molar-refractivity contribution in [2.75, 3.05) is 0 Å². The lowest BCUT2D eigenvalue weighted by Gasteiger charge is -2.08. The van der Waals surface area contributed by atoms with Crippen LogP contribution in [0.3, 0.4) is 0 Å². The van der Waals surface area contributed by atoms with Crippen LogP contribution in [0.25, 0.3) is 0 Å². The van der Waals surface area contributed by atoms with Crippen molar-refractivity contribution in [3.63, 3.8) is 0 Å². The van der Waals surface area contributed by atoms with Gasteiger partial charge in [0.25, 0.3) is 5.56 Å². The van der Waals surface area contributed by atoms with Crippen LogP contribution in [-0.2, 0) is 6.54 Å². The van der Waals surface area contributed by atoms with Crippen molar-refractivity contribution in [1.82, 2.24) is 9.78 Å². The van der Waals surface area contributed by atoms with Gasteiger partial charge in [-0.15, -0.1) is 0 Å². The minimum Gasteiger partial charge on any atom is -0.266 e. The molecule has 1 aromatic heterocycles. The van der Waals surface area contributed by atoms with Crippen molar-refractivity contribution in [2.45, 2.75) is 6.54 Å². The van der Waals surface area contributed by atoms with Crippen LogP contribution in [0, 0.1) is 5.82 Å². The Kier molecular flexibility index (Phi) is 4.19. The van der Waals surface area contributed by atoms with Gasteiger partial charge in [0.15, 0.2) is 0 Å². The number of nitrogens with zero attached hydrogens (tertiary/aromatic N) is 2. The Morgan fingerprint density at radius 2 is 2.11 bits per heavy atom. The largest absolute Gasteiger partial charge is 0.282 e. The summed E-state index contributed by atoms with van der Waals surface area (Å²) < 4.78 is 15.6. The van der Waals surface area contributed by atoms with E-state index in [1.165, 1.54) is 18.3 Å². The molecule has 0 spiro atoms. The Balaban J connectivity index is 2.47. The van der Waals surface area contributed by atoms with E-state index in [2.05, 4.69) is 37.0 Å². The Labute approximate surface area is 124 Å². The molecule has 0 unspecified atom stereocenters. The second-order valence-electron chi connectivity index (χ2n) is 3.47. The summed E-state index contributed by atoms with van der Waals surface area (Å²) >= 11 is 12.2. The summed E-state index contributed by atoms with van der Waals surface area (Å²) in [6, 6.07) is 4.37. The van der Waals surface area contributed by atoms with E-state index in [1.807, 2.05) is 0 Å². The van der Waals surface area contributed by atoms with Gasteiger partial charge in [-0.05, 0) is 44.0 Å². The Morgan fingerprint density at radius 3 is 2.78 bits per heavy atom. The Bertz CT molecular complexity index is 640. The molecule has 1 heterocycles. The smallest absolute Gasteiger partial charge is 0.266 e. The molecule has 18 heavy (non-hydrogen) atoms. The van der Waals surface area contributed by atoms with Crippen LogP contribution in [0.1, 0.15) is 5.56 Å². The summed E-state index contributed by atoms with van der Waals surface area (Å²) in [4.78, 5) is 11.9. The van der Waals surface area contributed by atoms with Gasteiger partial charge in [-0.2, -0.15) is 5.10 Å². The maximum absolute atomic E-state index is 13.6. The maximum atomic E-state index is 13.6. The summed E-state index contributed by atoms with van der Waals surface area (Å²) in [7, 11) is 0. The van der Waals surface area contributed by atoms with Crippen molar-refractivity contribution in [3.05, 3.63) is 60.1 Å². The van der Waals surface area contributed by atoms with Gasteiger partial charge in [0.1, 0.15) is 10.3 Å². The molecule has 0 saturated carbocycles. The van der Waals surface area contributed by atoms with Gasteiger partial charge in [0.05, 0.1) is 17.2 Å². The summed E-state index contributed by atoms with van der Waals surface area (Å²) in [5.41, 5.74) is -0.119. The molecule has 2 aromatic rings. The molecular weight excluding hydrogens is 390 g/mol. The minimum atomic E-state index is -0.463. The summed E-state index contributed by atoms with van der Waals surface area (Å²) in [5, 5.41) is 4.18. The molecule has 94 valence electrons. The van der Waals surface area contributed by atoms with Crippen LogP contribution in [0.2, 0.25) is 5.02 Å². The lowest BCUT2D eigenvalue weighted by atomic mass is 10.2. The van der Waals surface area contributed by atoms with E-state index in [9.17, 15) is 9.18 Å². The van der Waals surface area contributed by atoms with Crippen LogP contribution >= 0.6 is 43.5 Å². The Morgan fingerprint density at radius 1 is 1.39 bits per heavy atom. The molecule has 3 nitrogen and oxygen atoms in total. The second kappa shape index (κ2) is 5.50. The van der Waals surface area contributed by atoms with E-state index in [-0.39, 0.29) is 22.7 Å². The number of hydrogen-bond donors (Lipinski definition) is 0. The first-order chi connectivity index (χ1) is 8.50. The van der Waals surface area contributed by atoms with Crippen molar-refractivity contribution < 1.29 is 4.39 Å². The van der Waals surface area contributed by atoms with E-state index in [4.69, 9.17) is 11.6 Å².